The van der Waals surface area contributed by atoms with Gasteiger partial charge in [-0.1, -0.05) is 6.92 Å². The van der Waals surface area contributed by atoms with Crippen molar-refractivity contribution in [2.45, 2.75) is 32.2 Å². The number of rotatable bonds is 5. The lowest BCUT2D eigenvalue weighted by Crippen LogP contribution is -2.46. The van der Waals surface area contributed by atoms with Crippen molar-refractivity contribution in [3.63, 3.8) is 0 Å². The van der Waals surface area contributed by atoms with Gasteiger partial charge < -0.3 is 10.6 Å². The van der Waals surface area contributed by atoms with Crippen molar-refractivity contribution in [2.75, 3.05) is 31.1 Å². The number of hydrogen-bond donors (Lipinski definition) is 2. The van der Waals surface area contributed by atoms with Crippen molar-refractivity contribution in [3.05, 3.63) is 0 Å². The van der Waals surface area contributed by atoms with Crippen molar-refractivity contribution < 1.29 is 8.42 Å². The third-order valence-electron chi connectivity index (χ3n) is 3.63. The van der Waals surface area contributed by atoms with Gasteiger partial charge in [0.05, 0.1) is 11.5 Å². The van der Waals surface area contributed by atoms with Crippen LogP contribution in [0.5, 0.6) is 0 Å². The van der Waals surface area contributed by atoms with E-state index in [1.165, 1.54) is 12.8 Å². The van der Waals surface area contributed by atoms with Crippen LogP contribution < -0.4 is 10.6 Å². The topological polar surface area (TPSA) is 58.2 Å². The lowest BCUT2D eigenvalue weighted by Gasteiger charge is -2.24. The molecule has 1 aliphatic heterocycles. The van der Waals surface area contributed by atoms with Crippen LogP contribution in [0.4, 0.5) is 0 Å². The van der Waals surface area contributed by atoms with Gasteiger partial charge in [0, 0.05) is 19.1 Å². The van der Waals surface area contributed by atoms with E-state index in [1.807, 2.05) is 0 Å². The van der Waals surface area contributed by atoms with Crippen LogP contribution in [0.1, 0.15) is 26.2 Å². The van der Waals surface area contributed by atoms with Gasteiger partial charge in [0.2, 0.25) is 0 Å². The van der Waals surface area contributed by atoms with Crippen LogP contribution in [0.25, 0.3) is 0 Å². The summed E-state index contributed by atoms with van der Waals surface area (Å²) in [7, 11) is -2.78. The SMILES string of the molecule is CC1(CNCCC2CS(=O)(=O)CCN2)CC1. The summed E-state index contributed by atoms with van der Waals surface area (Å²) in [5.74, 6) is 0.612. The maximum atomic E-state index is 11.4. The molecule has 94 valence electrons. The Morgan fingerprint density at radius 3 is 2.81 bits per heavy atom. The molecule has 0 radical (unpaired) electrons. The van der Waals surface area contributed by atoms with Crippen LogP contribution in [0.2, 0.25) is 0 Å². The Morgan fingerprint density at radius 1 is 1.44 bits per heavy atom. The molecule has 1 saturated heterocycles. The summed E-state index contributed by atoms with van der Waals surface area (Å²) < 4.78 is 22.8. The standard InChI is InChI=1S/C11H22N2O2S/c1-11(3-4-11)9-12-5-2-10-8-16(14,15)7-6-13-10/h10,12-13H,2-9H2,1H3. The fourth-order valence-corrected chi connectivity index (χ4v) is 3.60. The van der Waals surface area contributed by atoms with Crippen molar-refractivity contribution in [2.24, 2.45) is 5.41 Å². The van der Waals surface area contributed by atoms with Gasteiger partial charge in [-0.25, -0.2) is 8.42 Å². The molecule has 4 nitrogen and oxygen atoms in total. The van der Waals surface area contributed by atoms with Crippen molar-refractivity contribution >= 4 is 9.84 Å². The number of sulfone groups is 1. The molecule has 0 aromatic heterocycles. The fourth-order valence-electron chi connectivity index (χ4n) is 2.11. The molecule has 0 spiro atoms. The van der Waals surface area contributed by atoms with E-state index >= 15 is 0 Å². The highest BCUT2D eigenvalue weighted by Crippen LogP contribution is 2.43. The third-order valence-corrected chi connectivity index (χ3v) is 5.36. The van der Waals surface area contributed by atoms with Gasteiger partial charge in [-0.2, -0.15) is 0 Å². The second kappa shape index (κ2) is 4.63. The van der Waals surface area contributed by atoms with Crippen LogP contribution in [-0.2, 0) is 9.84 Å². The zero-order valence-corrected chi connectivity index (χ0v) is 10.8. The summed E-state index contributed by atoms with van der Waals surface area (Å²) in [6.45, 7) is 4.91. The number of nitrogens with one attached hydrogen (secondary N) is 2. The Balaban J connectivity index is 1.62. The Kier molecular flexibility index (Phi) is 3.56. The molecule has 2 rings (SSSR count). The molecule has 0 amide bonds. The van der Waals surface area contributed by atoms with Gasteiger partial charge in [0.15, 0.2) is 9.84 Å². The average molecular weight is 246 g/mol. The molecule has 2 fully saturated rings. The third kappa shape index (κ3) is 3.71. The summed E-state index contributed by atoms with van der Waals surface area (Å²) in [6.07, 6.45) is 3.57. The van der Waals surface area contributed by atoms with E-state index < -0.39 is 9.84 Å². The highest BCUT2D eigenvalue weighted by atomic mass is 32.2. The van der Waals surface area contributed by atoms with E-state index in [0.29, 0.717) is 23.5 Å². The first-order valence-electron chi connectivity index (χ1n) is 6.14. The van der Waals surface area contributed by atoms with Gasteiger partial charge in [-0.3, -0.25) is 0 Å². The molecule has 0 aromatic rings. The summed E-state index contributed by atoms with van der Waals surface area (Å²) in [6, 6.07) is 0.151. The van der Waals surface area contributed by atoms with Gasteiger partial charge in [-0.05, 0) is 31.2 Å². The zero-order valence-electron chi connectivity index (χ0n) is 9.96. The summed E-state index contributed by atoms with van der Waals surface area (Å²) in [5, 5.41) is 6.70. The van der Waals surface area contributed by atoms with Crippen molar-refractivity contribution in [1.29, 1.82) is 0 Å². The Morgan fingerprint density at radius 2 is 2.19 bits per heavy atom. The second-order valence-corrected chi connectivity index (χ2v) is 7.77. The maximum Gasteiger partial charge on any atom is 0.153 e. The monoisotopic (exact) mass is 246 g/mol. The van der Waals surface area contributed by atoms with Crippen LogP contribution in [0.15, 0.2) is 0 Å². The molecule has 0 bridgehead atoms. The Bertz CT molecular complexity index is 336. The van der Waals surface area contributed by atoms with Gasteiger partial charge >= 0.3 is 0 Å². The smallest absolute Gasteiger partial charge is 0.153 e. The van der Waals surface area contributed by atoms with E-state index in [2.05, 4.69) is 17.6 Å². The van der Waals surface area contributed by atoms with E-state index in [1.54, 1.807) is 0 Å². The maximum absolute atomic E-state index is 11.4. The van der Waals surface area contributed by atoms with E-state index in [0.717, 1.165) is 19.5 Å². The largest absolute Gasteiger partial charge is 0.316 e. The highest BCUT2D eigenvalue weighted by molar-refractivity contribution is 7.91. The molecule has 0 aromatic carbocycles. The van der Waals surface area contributed by atoms with E-state index in [4.69, 9.17) is 0 Å². The average Bonchev–Trinajstić information content (AvgIpc) is 2.91. The summed E-state index contributed by atoms with van der Waals surface area (Å²) in [4.78, 5) is 0. The van der Waals surface area contributed by atoms with Crippen molar-refractivity contribution in [3.8, 4) is 0 Å². The van der Waals surface area contributed by atoms with Gasteiger partial charge in [-0.15, -0.1) is 0 Å². The first-order valence-corrected chi connectivity index (χ1v) is 7.96. The Labute approximate surface area is 98.1 Å². The molecule has 1 heterocycles. The van der Waals surface area contributed by atoms with Gasteiger partial charge in [0.1, 0.15) is 0 Å². The molecule has 5 heteroatoms. The molecular formula is C11H22N2O2S. The normalized spacial score (nSPS) is 31.2. The van der Waals surface area contributed by atoms with Crippen LogP contribution in [0.3, 0.4) is 0 Å². The van der Waals surface area contributed by atoms with Gasteiger partial charge in [0.25, 0.3) is 0 Å². The van der Waals surface area contributed by atoms with Crippen LogP contribution >= 0.6 is 0 Å². The fraction of sp³-hybridized carbons (Fsp3) is 1.00. The lowest BCUT2D eigenvalue weighted by atomic mass is 10.1. The quantitative estimate of drug-likeness (QED) is 0.678. The molecule has 2 N–H and O–H groups in total. The molecular weight excluding hydrogens is 224 g/mol. The van der Waals surface area contributed by atoms with E-state index in [-0.39, 0.29) is 6.04 Å². The first-order chi connectivity index (χ1) is 7.49. The molecule has 1 aliphatic carbocycles. The predicted molar refractivity (Wildman–Crippen MR) is 65.3 cm³/mol. The molecule has 1 atom stereocenters. The summed E-state index contributed by atoms with van der Waals surface area (Å²) in [5.41, 5.74) is 0.534. The first kappa shape index (κ1) is 12.3. The minimum atomic E-state index is -2.78. The van der Waals surface area contributed by atoms with Crippen LogP contribution in [0, 0.1) is 5.41 Å². The van der Waals surface area contributed by atoms with E-state index in [9.17, 15) is 8.42 Å². The molecule has 2 aliphatic rings. The minimum Gasteiger partial charge on any atom is -0.316 e. The lowest BCUT2D eigenvalue weighted by molar-refractivity contribution is 0.449. The Hall–Kier alpha value is -0.130. The van der Waals surface area contributed by atoms with Crippen molar-refractivity contribution in [1.82, 2.24) is 10.6 Å². The molecule has 1 unspecified atom stereocenters. The highest BCUT2D eigenvalue weighted by Gasteiger charge is 2.36. The summed E-state index contributed by atoms with van der Waals surface area (Å²) >= 11 is 0. The van der Waals surface area contributed by atoms with Crippen LogP contribution in [-0.4, -0.2) is 45.6 Å². The minimum absolute atomic E-state index is 0.151. The molecule has 1 saturated carbocycles. The number of hydrogen-bond acceptors (Lipinski definition) is 4. The second-order valence-electron chi connectivity index (χ2n) is 5.54. The molecule has 16 heavy (non-hydrogen) atoms. The predicted octanol–water partition coefficient (Wildman–Crippen LogP) is 0.153. The zero-order chi connectivity index (χ0) is 11.6.